The zero-order valence-corrected chi connectivity index (χ0v) is 11.7. The van der Waals surface area contributed by atoms with Crippen LogP contribution in [-0.2, 0) is 0 Å². The molecule has 7 heteroatoms. The molecule has 2 aromatic rings. The number of ether oxygens (including phenoxy) is 1. The van der Waals surface area contributed by atoms with Crippen molar-refractivity contribution in [1.29, 1.82) is 0 Å². The quantitative estimate of drug-likeness (QED) is 0.837. The molecule has 0 spiro atoms. The van der Waals surface area contributed by atoms with Gasteiger partial charge in [0.1, 0.15) is 5.75 Å². The highest BCUT2D eigenvalue weighted by atomic mass is 32.2. The van der Waals surface area contributed by atoms with Crippen LogP contribution in [-0.4, -0.2) is 28.2 Å². The number of carbonyl (C=O) groups is 1. The summed E-state index contributed by atoms with van der Waals surface area (Å²) in [7, 11) is 1.50. The van der Waals surface area contributed by atoms with Crippen LogP contribution in [0.2, 0.25) is 0 Å². The number of H-pyrrole nitrogens is 1. The molecule has 0 amide bonds. The maximum atomic E-state index is 11.4. The largest absolute Gasteiger partial charge is 0.497 e. The van der Waals surface area contributed by atoms with E-state index in [4.69, 9.17) is 9.84 Å². The molecule has 0 unspecified atom stereocenters. The minimum absolute atomic E-state index is 0.125. The first kappa shape index (κ1) is 14.1. The van der Waals surface area contributed by atoms with Gasteiger partial charge in [-0.25, -0.2) is 9.78 Å². The van der Waals surface area contributed by atoms with Crippen LogP contribution in [0.4, 0.5) is 0 Å². The average molecular weight is 292 g/mol. The lowest BCUT2D eigenvalue weighted by atomic mass is 10.2. The van der Waals surface area contributed by atoms with Crippen LogP contribution in [0.1, 0.15) is 16.1 Å². The Balaban J connectivity index is 2.45. The Morgan fingerprint density at radius 2 is 2.15 bits per heavy atom. The summed E-state index contributed by atoms with van der Waals surface area (Å²) in [6, 6.07) is 5.99. The van der Waals surface area contributed by atoms with Crippen LogP contribution in [0.3, 0.4) is 0 Å². The van der Waals surface area contributed by atoms with E-state index in [1.165, 1.54) is 19.2 Å². The van der Waals surface area contributed by atoms with Crippen LogP contribution in [0.15, 0.2) is 39.1 Å². The number of nitrogens with zero attached hydrogens (tertiary/aromatic N) is 1. The summed E-state index contributed by atoms with van der Waals surface area (Å²) in [5, 5.41) is 9.51. The van der Waals surface area contributed by atoms with E-state index >= 15 is 0 Å². The molecule has 0 radical (unpaired) electrons. The number of aromatic carboxylic acids is 1. The smallest absolute Gasteiger partial charge is 0.336 e. The van der Waals surface area contributed by atoms with Gasteiger partial charge in [0.2, 0.25) is 0 Å². The van der Waals surface area contributed by atoms with E-state index in [0.29, 0.717) is 21.5 Å². The van der Waals surface area contributed by atoms with E-state index in [1.807, 2.05) is 0 Å². The number of hydrogen-bond donors (Lipinski definition) is 2. The summed E-state index contributed by atoms with van der Waals surface area (Å²) in [6.07, 6.45) is 0. The third-order valence-corrected chi connectivity index (χ3v) is 3.42. The van der Waals surface area contributed by atoms with Gasteiger partial charge in [-0.2, -0.15) is 0 Å². The normalized spacial score (nSPS) is 10.3. The van der Waals surface area contributed by atoms with Crippen molar-refractivity contribution >= 4 is 17.7 Å². The maximum Gasteiger partial charge on any atom is 0.336 e. The Labute approximate surface area is 118 Å². The molecule has 2 rings (SSSR count). The second-order valence-electron chi connectivity index (χ2n) is 3.96. The van der Waals surface area contributed by atoms with Crippen molar-refractivity contribution < 1.29 is 14.6 Å². The van der Waals surface area contributed by atoms with Crippen molar-refractivity contribution in [2.75, 3.05) is 7.11 Å². The molecule has 0 aliphatic carbocycles. The number of carboxylic acid groups (broad SMARTS) is 1. The van der Waals surface area contributed by atoms with Crippen LogP contribution in [0.5, 0.6) is 5.75 Å². The van der Waals surface area contributed by atoms with E-state index in [0.717, 1.165) is 11.8 Å². The molecular weight excluding hydrogens is 280 g/mol. The van der Waals surface area contributed by atoms with E-state index in [2.05, 4.69) is 9.97 Å². The lowest BCUT2D eigenvalue weighted by Crippen LogP contribution is -2.08. The van der Waals surface area contributed by atoms with Crippen molar-refractivity contribution in [2.24, 2.45) is 0 Å². The molecule has 0 saturated carbocycles. The molecule has 1 aromatic heterocycles. The standard InChI is InChI=1S/C13H12N2O4S/c1-7-5-11(16)15-13(14-7)20-10-6-8(19-2)3-4-9(10)12(17)18/h3-6H,1-2H3,(H,17,18)(H,14,15,16). The number of carboxylic acids is 1. The summed E-state index contributed by atoms with van der Waals surface area (Å²) in [4.78, 5) is 29.8. The molecule has 1 heterocycles. The molecule has 0 aliphatic heterocycles. The van der Waals surface area contributed by atoms with Crippen LogP contribution in [0.25, 0.3) is 0 Å². The number of rotatable bonds is 4. The molecule has 0 fully saturated rings. The second kappa shape index (κ2) is 5.79. The number of benzene rings is 1. The molecular formula is C13H12N2O4S. The van der Waals surface area contributed by atoms with Crippen molar-refractivity contribution in [2.45, 2.75) is 17.0 Å². The van der Waals surface area contributed by atoms with E-state index in [1.54, 1.807) is 19.1 Å². The molecule has 20 heavy (non-hydrogen) atoms. The maximum absolute atomic E-state index is 11.4. The number of hydrogen-bond acceptors (Lipinski definition) is 5. The van der Waals surface area contributed by atoms with Gasteiger partial charge in [0.15, 0.2) is 5.16 Å². The summed E-state index contributed by atoms with van der Waals surface area (Å²) in [6.45, 7) is 1.70. The molecule has 0 aliphatic rings. The molecule has 6 nitrogen and oxygen atoms in total. The van der Waals surface area contributed by atoms with Gasteiger partial charge in [0.25, 0.3) is 5.56 Å². The highest BCUT2D eigenvalue weighted by Gasteiger charge is 2.13. The fourth-order valence-corrected chi connectivity index (χ4v) is 2.58. The third kappa shape index (κ3) is 3.18. The van der Waals surface area contributed by atoms with Gasteiger partial charge < -0.3 is 14.8 Å². The Hall–Kier alpha value is -2.28. The average Bonchev–Trinajstić information content (AvgIpc) is 2.37. The Kier molecular flexibility index (Phi) is 4.09. The summed E-state index contributed by atoms with van der Waals surface area (Å²) in [5.41, 5.74) is 0.413. The molecule has 0 bridgehead atoms. The van der Waals surface area contributed by atoms with E-state index in [-0.39, 0.29) is 11.1 Å². The predicted octanol–water partition coefficient (Wildman–Crippen LogP) is 1.94. The first-order valence-corrected chi connectivity index (χ1v) is 6.48. The van der Waals surface area contributed by atoms with Gasteiger partial charge in [0, 0.05) is 16.7 Å². The van der Waals surface area contributed by atoms with Gasteiger partial charge >= 0.3 is 5.97 Å². The van der Waals surface area contributed by atoms with Crippen molar-refractivity contribution in [1.82, 2.24) is 9.97 Å². The van der Waals surface area contributed by atoms with Gasteiger partial charge in [-0.3, -0.25) is 4.79 Å². The number of aryl methyl sites for hydroxylation is 1. The fraction of sp³-hybridized carbons (Fsp3) is 0.154. The van der Waals surface area contributed by atoms with Gasteiger partial charge in [-0.15, -0.1) is 0 Å². The minimum Gasteiger partial charge on any atom is -0.497 e. The lowest BCUT2D eigenvalue weighted by Gasteiger charge is -2.08. The molecule has 0 atom stereocenters. The predicted molar refractivity (Wildman–Crippen MR) is 73.7 cm³/mol. The first-order valence-electron chi connectivity index (χ1n) is 5.67. The van der Waals surface area contributed by atoms with Crippen LogP contribution >= 0.6 is 11.8 Å². The highest BCUT2D eigenvalue weighted by Crippen LogP contribution is 2.31. The van der Waals surface area contributed by atoms with Gasteiger partial charge in [-0.1, -0.05) is 11.8 Å². The van der Waals surface area contributed by atoms with Crippen LogP contribution < -0.4 is 10.3 Å². The number of aromatic nitrogens is 2. The zero-order chi connectivity index (χ0) is 14.7. The molecule has 1 aromatic carbocycles. The van der Waals surface area contributed by atoms with E-state index in [9.17, 15) is 9.59 Å². The topological polar surface area (TPSA) is 92.3 Å². The molecule has 2 N–H and O–H groups in total. The molecule has 104 valence electrons. The number of nitrogens with one attached hydrogen (secondary N) is 1. The third-order valence-electron chi connectivity index (χ3n) is 2.47. The summed E-state index contributed by atoms with van der Waals surface area (Å²) in [5.74, 6) is -0.516. The number of methoxy groups -OCH3 is 1. The lowest BCUT2D eigenvalue weighted by molar-refractivity contribution is 0.0693. The van der Waals surface area contributed by atoms with E-state index < -0.39 is 5.97 Å². The van der Waals surface area contributed by atoms with Gasteiger partial charge in [0.05, 0.1) is 12.7 Å². The Morgan fingerprint density at radius 1 is 1.40 bits per heavy atom. The summed E-state index contributed by atoms with van der Waals surface area (Å²) >= 11 is 1.07. The fourth-order valence-electron chi connectivity index (χ4n) is 1.59. The minimum atomic E-state index is -1.05. The SMILES string of the molecule is COc1ccc(C(=O)O)c(Sc2nc(C)cc(=O)[nH]2)c1. The zero-order valence-electron chi connectivity index (χ0n) is 10.8. The Morgan fingerprint density at radius 3 is 2.75 bits per heavy atom. The van der Waals surface area contributed by atoms with Crippen molar-refractivity contribution in [3.8, 4) is 5.75 Å². The van der Waals surface area contributed by atoms with Gasteiger partial charge in [-0.05, 0) is 25.1 Å². The molecule has 0 saturated heterocycles. The Bertz CT molecular complexity index is 712. The van der Waals surface area contributed by atoms with Crippen molar-refractivity contribution in [3.05, 3.63) is 45.9 Å². The summed E-state index contributed by atoms with van der Waals surface area (Å²) < 4.78 is 5.08. The first-order chi connectivity index (χ1) is 9.49. The second-order valence-corrected chi connectivity index (χ2v) is 4.99. The van der Waals surface area contributed by atoms with Crippen molar-refractivity contribution in [3.63, 3.8) is 0 Å². The van der Waals surface area contributed by atoms with Crippen LogP contribution in [0, 0.1) is 6.92 Å². The monoisotopic (exact) mass is 292 g/mol. The highest BCUT2D eigenvalue weighted by molar-refractivity contribution is 7.99. The number of aromatic amines is 1.